The number of aryl methyl sites for hydroxylation is 1. The normalized spacial score (nSPS) is 17.4. The molecule has 2 aliphatic rings. The van der Waals surface area contributed by atoms with Gasteiger partial charge in [-0.05, 0) is 74.3 Å². The molecule has 1 saturated heterocycles. The van der Waals surface area contributed by atoms with E-state index in [2.05, 4.69) is 59.3 Å². The zero-order chi connectivity index (χ0) is 23.7. The number of nitrogens with zero attached hydrogens (tertiary/aromatic N) is 3. The fourth-order valence-electron chi connectivity index (χ4n) is 5.12. The average molecular weight is 492 g/mol. The molecule has 3 heterocycles. The Morgan fingerprint density at radius 3 is 2.56 bits per heavy atom. The second-order valence-electron chi connectivity index (χ2n) is 9.31. The van der Waals surface area contributed by atoms with Crippen molar-refractivity contribution < 1.29 is 4.79 Å². The van der Waals surface area contributed by atoms with Gasteiger partial charge in [-0.2, -0.15) is 0 Å². The molecule has 2 aliphatic heterocycles. The van der Waals surface area contributed by atoms with Crippen molar-refractivity contribution in [3.63, 3.8) is 0 Å². The number of piperidine rings is 1. The molecule has 1 aromatic heterocycles. The minimum atomic E-state index is -0.0795. The Kier molecular flexibility index (Phi) is 6.48. The van der Waals surface area contributed by atoms with E-state index < -0.39 is 0 Å². The topological polar surface area (TPSA) is 36.4 Å². The largest absolute Gasteiger partial charge is 0.307 e. The number of likely N-dealkylation sites (tertiary alicyclic amines) is 1. The van der Waals surface area contributed by atoms with Gasteiger partial charge in [0, 0.05) is 41.0 Å². The van der Waals surface area contributed by atoms with Crippen LogP contribution in [0.2, 0.25) is 10.2 Å². The number of benzene rings is 2. The van der Waals surface area contributed by atoms with Crippen LogP contribution in [0, 0.1) is 6.92 Å². The molecular formula is C28H27Cl2N3O. The van der Waals surface area contributed by atoms with E-state index in [1.165, 1.54) is 16.7 Å². The van der Waals surface area contributed by atoms with Crippen LogP contribution < -0.4 is 4.90 Å². The Labute approximate surface area is 210 Å². The van der Waals surface area contributed by atoms with Crippen molar-refractivity contribution in [2.24, 2.45) is 0 Å². The van der Waals surface area contributed by atoms with Gasteiger partial charge in [-0.3, -0.25) is 9.69 Å². The highest BCUT2D eigenvalue weighted by molar-refractivity contribution is 6.31. The quantitative estimate of drug-likeness (QED) is 0.395. The van der Waals surface area contributed by atoms with Crippen LogP contribution in [0.4, 0.5) is 5.69 Å². The molecule has 174 valence electrons. The zero-order valence-corrected chi connectivity index (χ0v) is 20.7. The zero-order valence-electron chi connectivity index (χ0n) is 19.2. The molecule has 4 nitrogen and oxygen atoms in total. The smallest absolute Gasteiger partial charge is 0.258 e. The first-order chi connectivity index (χ1) is 16.4. The number of carbonyl (C=O) groups excluding carboxylic acids is 1. The van der Waals surface area contributed by atoms with Crippen molar-refractivity contribution >= 4 is 40.9 Å². The number of carbonyl (C=O) groups is 1. The molecule has 2 aromatic carbocycles. The number of aromatic nitrogens is 1. The third-order valence-corrected chi connectivity index (χ3v) is 7.51. The summed E-state index contributed by atoms with van der Waals surface area (Å²) in [4.78, 5) is 21.8. The van der Waals surface area contributed by atoms with Gasteiger partial charge in [0.25, 0.3) is 5.91 Å². The number of rotatable bonds is 4. The molecule has 0 aliphatic carbocycles. The predicted octanol–water partition coefficient (Wildman–Crippen LogP) is 6.40. The molecule has 0 saturated carbocycles. The highest BCUT2D eigenvalue weighted by atomic mass is 35.5. The summed E-state index contributed by atoms with van der Waals surface area (Å²) in [6.07, 6.45) is 7.98. The van der Waals surface area contributed by atoms with E-state index in [1.54, 1.807) is 18.3 Å². The fraction of sp³-hybridized carbons (Fsp3) is 0.286. The molecule has 3 aromatic rings. The van der Waals surface area contributed by atoms with Crippen LogP contribution in [0.5, 0.6) is 0 Å². The van der Waals surface area contributed by atoms with Gasteiger partial charge < -0.3 is 4.90 Å². The molecular weight excluding hydrogens is 465 g/mol. The van der Waals surface area contributed by atoms with E-state index in [0.29, 0.717) is 22.3 Å². The monoisotopic (exact) mass is 491 g/mol. The van der Waals surface area contributed by atoms with Crippen molar-refractivity contribution in [2.45, 2.75) is 25.2 Å². The second-order valence-corrected chi connectivity index (χ2v) is 10.1. The summed E-state index contributed by atoms with van der Waals surface area (Å²) in [5, 5.41) is 1.03. The van der Waals surface area contributed by atoms with E-state index in [1.807, 2.05) is 17.0 Å². The summed E-state index contributed by atoms with van der Waals surface area (Å²) >= 11 is 12.5. The van der Waals surface area contributed by atoms with Crippen molar-refractivity contribution in [1.29, 1.82) is 0 Å². The Bertz CT molecular complexity index is 1230. The minimum absolute atomic E-state index is 0.0480. The number of hydrogen-bond acceptors (Lipinski definition) is 3. The van der Waals surface area contributed by atoms with Crippen LogP contribution in [-0.2, 0) is 5.41 Å². The molecule has 0 unspecified atom stereocenters. The highest BCUT2D eigenvalue weighted by Gasteiger charge is 2.46. The molecule has 1 fully saturated rings. The average Bonchev–Trinajstić information content (AvgIpc) is 3.14. The lowest BCUT2D eigenvalue weighted by Crippen LogP contribution is -2.46. The Balaban J connectivity index is 1.31. The van der Waals surface area contributed by atoms with Gasteiger partial charge in [-0.15, -0.1) is 0 Å². The molecule has 0 atom stereocenters. The van der Waals surface area contributed by atoms with Crippen molar-refractivity contribution in [1.82, 2.24) is 9.88 Å². The first-order valence-corrected chi connectivity index (χ1v) is 12.4. The Hall–Kier alpha value is -2.66. The maximum absolute atomic E-state index is 13.4. The standard InChI is InChI=1S/C28H27Cl2N3O/c1-20-4-6-21(7-5-20)3-2-14-32-15-11-28(12-16-32)19-33(25-9-8-23(29)18-24(25)28)27(34)22-10-13-31-26(30)17-22/h2-10,13,17-18H,11-12,14-16,19H2,1H3/b3-2+. The van der Waals surface area contributed by atoms with Gasteiger partial charge in [0.2, 0.25) is 0 Å². The van der Waals surface area contributed by atoms with E-state index in [0.717, 1.165) is 38.2 Å². The fourth-order valence-corrected chi connectivity index (χ4v) is 5.47. The van der Waals surface area contributed by atoms with Crippen LogP contribution >= 0.6 is 23.2 Å². The van der Waals surface area contributed by atoms with Crippen molar-refractivity contribution in [3.05, 3.63) is 99.3 Å². The van der Waals surface area contributed by atoms with Crippen LogP contribution in [0.1, 0.15) is 39.9 Å². The molecule has 0 radical (unpaired) electrons. The maximum Gasteiger partial charge on any atom is 0.258 e. The lowest BCUT2D eigenvalue weighted by Gasteiger charge is -2.39. The van der Waals surface area contributed by atoms with Gasteiger partial charge in [-0.25, -0.2) is 4.98 Å². The van der Waals surface area contributed by atoms with Crippen molar-refractivity contribution in [3.8, 4) is 0 Å². The molecule has 1 amide bonds. The molecule has 34 heavy (non-hydrogen) atoms. The third-order valence-electron chi connectivity index (χ3n) is 7.06. The summed E-state index contributed by atoms with van der Waals surface area (Å²) in [5.41, 5.74) is 5.11. The predicted molar refractivity (Wildman–Crippen MR) is 140 cm³/mol. The summed E-state index contributed by atoms with van der Waals surface area (Å²) in [6.45, 7) is 5.64. The lowest BCUT2D eigenvalue weighted by atomic mass is 9.74. The first-order valence-electron chi connectivity index (χ1n) is 11.6. The first kappa shape index (κ1) is 23.1. The van der Waals surface area contributed by atoms with Gasteiger partial charge in [0.1, 0.15) is 5.15 Å². The summed E-state index contributed by atoms with van der Waals surface area (Å²) in [7, 11) is 0. The lowest BCUT2D eigenvalue weighted by molar-refractivity contribution is 0.0977. The van der Waals surface area contributed by atoms with Gasteiger partial charge in [0.15, 0.2) is 0 Å². The van der Waals surface area contributed by atoms with Gasteiger partial charge >= 0.3 is 0 Å². The number of pyridine rings is 1. The van der Waals surface area contributed by atoms with Gasteiger partial charge in [0.05, 0.1) is 0 Å². The maximum atomic E-state index is 13.4. The number of halogens is 2. The third kappa shape index (κ3) is 4.63. The Morgan fingerprint density at radius 2 is 1.82 bits per heavy atom. The molecule has 0 N–H and O–H groups in total. The molecule has 1 spiro atoms. The van der Waals surface area contributed by atoms with E-state index in [-0.39, 0.29) is 11.3 Å². The van der Waals surface area contributed by atoms with Crippen LogP contribution in [0.15, 0.2) is 66.9 Å². The Morgan fingerprint density at radius 1 is 1.06 bits per heavy atom. The number of hydrogen-bond donors (Lipinski definition) is 0. The van der Waals surface area contributed by atoms with E-state index >= 15 is 0 Å². The van der Waals surface area contributed by atoms with Crippen LogP contribution in [0.3, 0.4) is 0 Å². The highest BCUT2D eigenvalue weighted by Crippen LogP contribution is 2.48. The number of amides is 1. The SMILES string of the molecule is Cc1ccc(/C=C/CN2CCC3(CC2)CN(C(=O)c2ccnc(Cl)c2)c2ccc(Cl)cc23)cc1. The van der Waals surface area contributed by atoms with Crippen LogP contribution in [-0.4, -0.2) is 42.0 Å². The summed E-state index contributed by atoms with van der Waals surface area (Å²) < 4.78 is 0. The van der Waals surface area contributed by atoms with Gasteiger partial charge in [-0.1, -0.05) is 65.2 Å². The molecule has 6 heteroatoms. The second kappa shape index (κ2) is 9.53. The van der Waals surface area contributed by atoms with Crippen LogP contribution in [0.25, 0.3) is 6.08 Å². The van der Waals surface area contributed by atoms with Crippen molar-refractivity contribution in [2.75, 3.05) is 31.1 Å². The minimum Gasteiger partial charge on any atom is -0.307 e. The number of fused-ring (bicyclic) bond motifs is 2. The summed E-state index contributed by atoms with van der Waals surface area (Å²) in [5.74, 6) is -0.0480. The molecule has 5 rings (SSSR count). The number of anilines is 1. The van der Waals surface area contributed by atoms with E-state index in [4.69, 9.17) is 23.2 Å². The van der Waals surface area contributed by atoms with E-state index in [9.17, 15) is 4.79 Å². The molecule has 0 bridgehead atoms. The summed E-state index contributed by atoms with van der Waals surface area (Å²) in [6, 6.07) is 17.8.